The molecule has 98 valence electrons. The summed E-state index contributed by atoms with van der Waals surface area (Å²) in [7, 11) is 2.81. The molecule has 0 fully saturated rings. The lowest BCUT2D eigenvalue weighted by atomic mass is 10.0. The zero-order chi connectivity index (χ0) is 14.2. The quantitative estimate of drug-likeness (QED) is 0.602. The minimum Gasteiger partial charge on any atom is -0.398 e. The Morgan fingerprint density at radius 2 is 1.74 bits per heavy atom. The highest BCUT2D eigenvalue weighted by molar-refractivity contribution is 6.11. The minimum atomic E-state index is -0.628. The molecule has 6 nitrogen and oxygen atoms in total. The van der Waals surface area contributed by atoms with E-state index in [1.54, 1.807) is 24.3 Å². The van der Waals surface area contributed by atoms with Crippen LogP contribution in [-0.2, 0) is 14.1 Å². The van der Waals surface area contributed by atoms with E-state index in [9.17, 15) is 14.4 Å². The van der Waals surface area contributed by atoms with Gasteiger partial charge in [0.15, 0.2) is 0 Å². The lowest BCUT2D eigenvalue weighted by molar-refractivity contribution is 0.103. The third-order valence-corrected chi connectivity index (χ3v) is 2.90. The average Bonchev–Trinajstić information content (AvgIpc) is 2.40. The van der Waals surface area contributed by atoms with Gasteiger partial charge in [-0.2, -0.15) is 0 Å². The van der Waals surface area contributed by atoms with Gasteiger partial charge in [0.2, 0.25) is 5.78 Å². The van der Waals surface area contributed by atoms with Crippen LogP contribution < -0.4 is 17.0 Å². The van der Waals surface area contributed by atoms with Gasteiger partial charge in [0, 0.05) is 31.5 Å². The summed E-state index contributed by atoms with van der Waals surface area (Å²) in [5.41, 5.74) is 5.07. The molecule has 2 N–H and O–H groups in total. The molecule has 0 amide bonds. The number of nitrogens with zero attached hydrogens (tertiary/aromatic N) is 2. The number of aromatic nitrogens is 2. The number of aryl methyl sites for hydroxylation is 1. The van der Waals surface area contributed by atoms with E-state index in [-0.39, 0.29) is 11.1 Å². The van der Waals surface area contributed by atoms with Crippen LogP contribution in [0.4, 0.5) is 5.69 Å². The predicted octanol–water partition coefficient (Wildman–Crippen LogP) is -0.103. The Kier molecular flexibility index (Phi) is 3.08. The van der Waals surface area contributed by atoms with Gasteiger partial charge >= 0.3 is 5.69 Å². The van der Waals surface area contributed by atoms with Crippen molar-refractivity contribution in [3.8, 4) is 0 Å². The van der Waals surface area contributed by atoms with Crippen LogP contribution in [0.5, 0.6) is 0 Å². The normalized spacial score (nSPS) is 10.4. The van der Waals surface area contributed by atoms with E-state index in [2.05, 4.69) is 0 Å². The summed E-state index contributed by atoms with van der Waals surface area (Å²) in [5, 5.41) is 0. The monoisotopic (exact) mass is 259 g/mol. The van der Waals surface area contributed by atoms with Crippen LogP contribution in [0.25, 0.3) is 0 Å². The average molecular weight is 259 g/mol. The molecular formula is C13H13N3O3. The number of rotatable bonds is 2. The van der Waals surface area contributed by atoms with Crippen LogP contribution >= 0.6 is 0 Å². The van der Waals surface area contributed by atoms with Crippen molar-refractivity contribution in [2.45, 2.75) is 0 Å². The van der Waals surface area contributed by atoms with Crippen molar-refractivity contribution >= 4 is 11.5 Å². The number of benzene rings is 1. The van der Waals surface area contributed by atoms with Crippen LogP contribution in [0, 0.1) is 0 Å². The molecule has 0 unspecified atom stereocenters. The summed E-state index contributed by atoms with van der Waals surface area (Å²) in [6, 6.07) is 6.49. The highest BCUT2D eigenvalue weighted by Crippen LogP contribution is 2.13. The van der Waals surface area contributed by atoms with Crippen LogP contribution in [0.2, 0.25) is 0 Å². The second kappa shape index (κ2) is 4.56. The van der Waals surface area contributed by atoms with Gasteiger partial charge in [-0.25, -0.2) is 4.79 Å². The summed E-state index contributed by atoms with van der Waals surface area (Å²) in [4.78, 5) is 35.8. The van der Waals surface area contributed by atoms with Crippen molar-refractivity contribution in [3.63, 3.8) is 0 Å². The SMILES string of the molecule is Cn1cc(C(=O)c2ccccc2N)c(=O)n(C)c1=O. The highest BCUT2D eigenvalue weighted by Gasteiger charge is 2.18. The Labute approximate surface area is 108 Å². The van der Waals surface area contributed by atoms with Gasteiger partial charge in [-0.1, -0.05) is 12.1 Å². The fourth-order valence-corrected chi connectivity index (χ4v) is 1.81. The maximum Gasteiger partial charge on any atom is 0.330 e. The van der Waals surface area contributed by atoms with Gasteiger partial charge in [-0.05, 0) is 12.1 Å². The summed E-state index contributed by atoms with van der Waals surface area (Å²) in [6.07, 6.45) is 1.24. The summed E-state index contributed by atoms with van der Waals surface area (Å²) >= 11 is 0. The molecule has 2 aromatic rings. The number of carbonyl (C=O) groups excluding carboxylic acids is 1. The third kappa shape index (κ3) is 2.08. The van der Waals surface area contributed by atoms with Gasteiger partial charge in [-0.15, -0.1) is 0 Å². The van der Waals surface area contributed by atoms with E-state index in [1.165, 1.54) is 24.9 Å². The zero-order valence-corrected chi connectivity index (χ0v) is 10.6. The second-order valence-electron chi connectivity index (χ2n) is 4.22. The van der Waals surface area contributed by atoms with Crippen LogP contribution in [0.3, 0.4) is 0 Å². The minimum absolute atomic E-state index is 0.0810. The molecule has 1 heterocycles. The van der Waals surface area contributed by atoms with Crippen LogP contribution in [-0.4, -0.2) is 14.9 Å². The zero-order valence-electron chi connectivity index (χ0n) is 10.6. The molecule has 6 heteroatoms. The number of carbonyl (C=O) groups is 1. The largest absolute Gasteiger partial charge is 0.398 e. The number of nitrogens with two attached hydrogens (primary N) is 1. The molecule has 0 aliphatic carbocycles. The van der Waals surface area contributed by atoms with E-state index in [0.717, 1.165) is 4.57 Å². The van der Waals surface area contributed by atoms with Gasteiger partial charge in [0.05, 0.1) is 0 Å². The molecule has 0 aliphatic heterocycles. The van der Waals surface area contributed by atoms with Gasteiger partial charge < -0.3 is 10.3 Å². The maximum absolute atomic E-state index is 12.3. The van der Waals surface area contributed by atoms with Crippen molar-refractivity contribution < 1.29 is 4.79 Å². The lowest BCUT2D eigenvalue weighted by Gasteiger charge is -2.07. The van der Waals surface area contributed by atoms with Crippen molar-refractivity contribution in [1.29, 1.82) is 0 Å². The first-order chi connectivity index (χ1) is 8.93. The third-order valence-electron chi connectivity index (χ3n) is 2.90. The Balaban J connectivity index is 2.68. The number of ketones is 1. The molecule has 19 heavy (non-hydrogen) atoms. The van der Waals surface area contributed by atoms with E-state index >= 15 is 0 Å². The molecule has 0 atom stereocenters. The molecule has 1 aromatic carbocycles. The predicted molar refractivity (Wildman–Crippen MR) is 71.2 cm³/mol. The van der Waals surface area contributed by atoms with Gasteiger partial charge in [-0.3, -0.25) is 14.2 Å². The van der Waals surface area contributed by atoms with Crippen LogP contribution in [0.1, 0.15) is 15.9 Å². The fourth-order valence-electron chi connectivity index (χ4n) is 1.81. The number of hydrogen-bond donors (Lipinski definition) is 1. The first-order valence-electron chi connectivity index (χ1n) is 5.59. The Bertz CT molecular complexity index is 771. The Morgan fingerprint density at radius 1 is 1.11 bits per heavy atom. The smallest absolute Gasteiger partial charge is 0.330 e. The van der Waals surface area contributed by atoms with E-state index in [4.69, 9.17) is 5.73 Å². The van der Waals surface area contributed by atoms with Gasteiger partial charge in [0.1, 0.15) is 5.56 Å². The van der Waals surface area contributed by atoms with Crippen molar-refractivity contribution in [2.24, 2.45) is 14.1 Å². The standard InChI is InChI=1S/C13H13N3O3/c1-15-7-9(12(18)16(2)13(15)19)11(17)8-5-3-4-6-10(8)14/h3-7H,14H2,1-2H3. The van der Waals surface area contributed by atoms with E-state index in [1.807, 2.05) is 0 Å². The molecule has 0 saturated heterocycles. The maximum atomic E-state index is 12.3. The Morgan fingerprint density at radius 3 is 2.37 bits per heavy atom. The van der Waals surface area contributed by atoms with E-state index in [0.29, 0.717) is 5.69 Å². The lowest BCUT2D eigenvalue weighted by Crippen LogP contribution is -2.39. The number of hydrogen-bond acceptors (Lipinski definition) is 4. The number of anilines is 1. The molecule has 2 rings (SSSR count). The molecule has 0 saturated carbocycles. The van der Waals surface area contributed by atoms with Crippen molar-refractivity contribution in [2.75, 3.05) is 5.73 Å². The number of nitrogen functional groups attached to an aromatic ring is 1. The Hall–Kier alpha value is -2.63. The highest BCUT2D eigenvalue weighted by atomic mass is 16.2. The fraction of sp³-hybridized carbons (Fsp3) is 0.154. The number of para-hydroxylation sites is 1. The van der Waals surface area contributed by atoms with Crippen molar-refractivity contribution in [3.05, 3.63) is 62.4 Å². The molecule has 0 aliphatic rings. The summed E-state index contributed by atoms with van der Waals surface area (Å²) in [6.45, 7) is 0. The summed E-state index contributed by atoms with van der Waals surface area (Å²) in [5.74, 6) is -0.491. The molecular weight excluding hydrogens is 246 g/mol. The molecule has 1 aromatic heterocycles. The first-order valence-corrected chi connectivity index (χ1v) is 5.59. The van der Waals surface area contributed by atoms with Crippen molar-refractivity contribution in [1.82, 2.24) is 9.13 Å². The molecule has 0 spiro atoms. The van der Waals surface area contributed by atoms with Gasteiger partial charge in [0.25, 0.3) is 5.56 Å². The molecule has 0 bridgehead atoms. The van der Waals surface area contributed by atoms with E-state index < -0.39 is 17.0 Å². The topological polar surface area (TPSA) is 87.1 Å². The summed E-state index contributed by atoms with van der Waals surface area (Å²) < 4.78 is 2.08. The second-order valence-corrected chi connectivity index (χ2v) is 4.22. The van der Waals surface area contributed by atoms with Crippen LogP contribution in [0.15, 0.2) is 40.1 Å². The first kappa shape index (κ1) is 12.8. The molecule has 0 radical (unpaired) electrons.